The van der Waals surface area contributed by atoms with Gasteiger partial charge >= 0.3 is 0 Å². The molecule has 0 aromatic heterocycles. The third-order valence-corrected chi connectivity index (χ3v) is 4.62. The molecule has 1 saturated carbocycles. The highest BCUT2D eigenvalue weighted by molar-refractivity contribution is 6.04. The predicted octanol–water partition coefficient (Wildman–Crippen LogP) is 1.22. The zero-order chi connectivity index (χ0) is 15.0. The van der Waals surface area contributed by atoms with E-state index in [0.29, 0.717) is 0 Å². The largest absolute Gasteiger partial charge is 0.335 e. The maximum atomic E-state index is 12.2. The van der Waals surface area contributed by atoms with Gasteiger partial charge < -0.3 is 15.5 Å². The molecule has 2 N–H and O–H groups in total. The van der Waals surface area contributed by atoms with Crippen LogP contribution in [0.4, 0.5) is 5.69 Å². The number of likely N-dealkylation sites (N-methyl/N-ethyl adjacent to an activating group) is 1. The van der Waals surface area contributed by atoms with Crippen LogP contribution in [0.15, 0.2) is 24.3 Å². The van der Waals surface area contributed by atoms with Crippen LogP contribution < -0.4 is 10.6 Å². The lowest BCUT2D eigenvalue weighted by Gasteiger charge is -2.33. The third kappa shape index (κ3) is 2.53. The lowest BCUT2D eigenvalue weighted by Crippen LogP contribution is -2.52. The molecule has 3 rings (SSSR count). The molecule has 0 radical (unpaired) electrons. The average Bonchev–Trinajstić information content (AvgIpc) is 2.91. The van der Waals surface area contributed by atoms with Gasteiger partial charge in [-0.1, -0.05) is 25.0 Å². The Labute approximate surface area is 124 Å². The van der Waals surface area contributed by atoms with Gasteiger partial charge in [-0.25, -0.2) is 0 Å². The van der Waals surface area contributed by atoms with Crippen molar-refractivity contribution in [3.05, 3.63) is 29.8 Å². The van der Waals surface area contributed by atoms with Gasteiger partial charge in [-0.05, 0) is 30.5 Å². The Morgan fingerprint density at radius 3 is 2.52 bits per heavy atom. The molecule has 1 aromatic carbocycles. The van der Waals surface area contributed by atoms with Crippen LogP contribution in [0.2, 0.25) is 0 Å². The van der Waals surface area contributed by atoms with E-state index >= 15 is 0 Å². The van der Waals surface area contributed by atoms with Crippen LogP contribution in [-0.4, -0.2) is 36.9 Å². The van der Waals surface area contributed by atoms with E-state index < -0.39 is 0 Å². The van der Waals surface area contributed by atoms with Crippen molar-refractivity contribution in [1.29, 1.82) is 0 Å². The number of hydrogen-bond donors (Lipinski definition) is 1. The molecule has 0 spiro atoms. The van der Waals surface area contributed by atoms with Crippen LogP contribution in [0, 0.1) is 0 Å². The molecule has 0 atom stereocenters. The molecule has 0 unspecified atom stereocenters. The van der Waals surface area contributed by atoms with Gasteiger partial charge in [0.05, 0.1) is 6.54 Å². The Hall–Kier alpha value is -1.88. The minimum absolute atomic E-state index is 0.0386. The quantitative estimate of drug-likeness (QED) is 0.889. The van der Waals surface area contributed by atoms with Crippen molar-refractivity contribution >= 4 is 17.5 Å². The van der Waals surface area contributed by atoms with Gasteiger partial charge in [0.1, 0.15) is 6.54 Å². The van der Waals surface area contributed by atoms with E-state index in [1.807, 2.05) is 24.3 Å². The zero-order valence-corrected chi connectivity index (χ0v) is 12.3. The highest BCUT2D eigenvalue weighted by Gasteiger charge is 2.33. The Kier molecular flexibility index (Phi) is 3.45. The Bertz CT molecular complexity index is 579. The first kappa shape index (κ1) is 14.1. The summed E-state index contributed by atoms with van der Waals surface area (Å²) in [5.41, 5.74) is 8.04. The summed E-state index contributed by atoms with van der Waals surface area (Å²) in [6.07, 6.45) is 4.25. The van der Waals surface area contributed by atoms with Gasteiger partial charge in [0.25, 0.3) is 0 Å². The first-order valence-corrected chi connectivity index (χ1v) is 7.43. The molecular weight excluding hydrogens is 266 g/mol. The fourth-order valence-corrected chi connectivity index (χ4v) is 3.23. The Morgan fingerprint density at radius 1 is 1.10 bits per heavy atom. The van der Waals surface area contributed by atoms with Gasteiger partial charge in [0.15, 0.2) is 0 Å². The van der Waals surface area contributed by atoms with E-state index in [-0.39, 0.29) is 30.4 Å². The first-order chi connectivity index (χ1) is 9.99. The fourth-order valence-electron chi connectivity index (χ4n) is 3.23. The number of piperazine rings is 1. The van der Waals surface area contributed by atoms with E-state index in [9.17, 15) is 9.59 Å². The second-order valence-electron chi connectivity index (χ2n) is 6.14. The summed E-state index contributed by atoms with van der Waals surface area (Å²) in [6.45, 7) is 0.243. The molecule has 5 nitrogen and oxygen atoms in total. The number of amides is 2. The molecule has 1 aliphatic heterocycles. The second kappa shape index (κ2) is 5.15. The maximum absolute atomic E-state index is 12.2. The number of rotatable bonds is 2. The number of anilines is 1. The van der Waals surface area contributed by atoms with Gasteiger partial charge in [-0.15, -0.1) is 0 Å². The predicted molar refractivity (Wildman–Crippen MR) is 80.8 cm³/mol. The number of carbonyl (C=O) groups is 2. The molecule has 1 aliphatic carbocycles. The minimum atomic E-state index is -0.282. The molecule has 1 saturated heterocycles. The maximum Gasteiger partial charge on any atom is 0.247 e. The standard InChI is InChI=1S/C16H21N3O2/c1-18-10-15(21)19(11-14(18)20)13-6-4-5-12(9-13)16(17)7-2-3-8-16/h4-6,9H,2-3,7-8,10-11,17H2,1H3. The monoisotopic (exact) mass is 287 g/mol. The average molecular weight is 287 g/mol. The lowest BCUT2D eigenvalue weighted by atomic mass is 9.89. The normalized spacial score (nSPS) is 22.0. The summed E-state index contributed by atoms with van der Waals surface area (Å²) < 4.78 is 0. The fraction of sp³-hybridized carbons (Fsp3) is 0.500. The molecule has 2 amide bonds. The molecule has 1 aromatic rings. The van der Waals surface area contributed by atoms with Crippen molar-refractivity contribution in [3.63, 3.8) is 0 Å². The molecule has 5 heteroatoms. The molecule has 2 aliphatic rings. The van der Waals surface area contributed by atoms with Crippen LogP contribution in [0.1, 0.15) is 31.2 Å². The van der Waals surface area contributed by atoms with Gasteiger partial charge in [0, 0.05) is 18.3 Å². The summed E-state index contributed by atoms with van der Waals surface area (Å²) in [5, 5.41) is 0. The van der Waals surface area contributed by atoms with E-state index in [0.717, 1.165) is 36.9 Å². The molecule has 21 heavy (non-hydrogen) atoms. The lowest BCUT2D eigenvalue weighted by molar-refractivity contribution is -0.136. The number of benzene rings is 1. The van der Waals surface area contributed by atoms with E-state index in [1.54, 1.807) is 11.9 Å². The molecular formula is C16H21N3O2. The number of hydrogen-bond acceptors (Lipinski definition) is 3. The number of carbonyl (C=O) groups excluding carboxylic acids is 2. The van der Waals surface area contributed by atoms with Crippen LogP contribution in [0.3, 0.4) is 0 Å². The minimum Gasteiger partial charge on any atom is -0.335 e. The van der Waals surface area contributed by atoms with Crippen molar-refractivity contribution in [1.82, 2.24) is 4.90 Å². The van der Waals surface area contributed by atoms with Crippen LogP contribution >= 0.6 is 0 Å². The summed E-state index contributed by atoms with van der Waals surface area (Å²) in [7, 11) is 1.65. The topological polar surface area (TPSA) is 66.6 Å². The molecule has 0 bridgehead atoms. The Morgan fingerprint density at radius 2 is 1.81 bits per heavy atom. The summed E-state index contributed by atoms with van der Waals surface area (Å²) in [6, 6.07) is 7.80. The third-order valence-electron chi connectivity index (χ3n) is 4.62. The number of nitrogens with zero attached hydrogens (tertiary/aromatic N) is 2. The Balaban J connectivity index is 1.89. The summed E-state index contributed by atoms with van der Waals surface area (Å²) in [5.74, 6) is -0.0879. The zero-order valence-electron chi connectivity index (χ0n) is 12.3. The SMILES string of the molecule is CN1CC(=O)N(c2cccc(C3(N)CCCC3)c2)CC1=O. The number of nitrogens with two attached hydrogens (primary N) is 1. The second-order valence-corrected chi connectivity index (χ2v) is 6.14. The van der Waals surface area contributed by atoms with Gasteiger partial charge in [-0.2, -0.15) is 0 Å². The smallest absolute Gasteiger partial charge is 0.247 e. The summed E-state index contributed by atoms with van der Waals surface area (Å²) in [4.78, 5) is 27.0. The van der Waals surface area contributed by atoms with E-state index in [1.165, 1.54) is 4.90 Å². The van der Waals surface area contributed by atoms with Crippen molar-refractivity contribution < 1.29 is 9.59 Å². The van der Waals surface area contributed by atoms with E-state index in [4.69, 9.17) is 5.73 Å². The van der Waals surface area contributed by atoms with Crippen molar-refractivity contribution in [2.24, 2.45) is 5.73 Å². The van der Waals surface area contributed by atoms with Crippen LogP contribution in [0.5, 0.6) is 0 Å². The van der Waals surface area contributed by atoms with E-state index in [2.05, 4.69) is 0 Å². The van der Waals surface area contributed by atoms with Crippen molar-refractivity contribution in [2.75, 3.05) is 25.0 Å². The molecule has 2 fully saturated rings. The van der Waals surface area contributed by atoms with Crippen molar-refractivity contribution in [2.45, 2.75) is 31.2 Å². The molecule has 1 heterocycles. The summed E-state index contributed by atoms with van der Waals surface area (Å²) >= 11 is 0. The highest BCUT2D eigenvalue weighted by Crippen LogP contribution is 2.37. The van der Waals surface area contributed by atoms with Gasteiger partial charge in [-0.3, -0.25) is 9.59 Å². The van der Waals surface area contributed by atoms with Gasteiger partial charge in [0.2, 0.25) is 11.8 Å². The van der Waals surface area contributed by atoms with Crippen molar-refractivity contribution in [3.8, 4) is 0 Å². The first-order valence-electron chi connectivity index (χ1n) is 7.43. The highest BCUT2D eigenvalue weighted by atomic mass is 16.2. The van der Waals surface area contributed by atoms with Crippen LogP contribution in [0.25, 0.3) is 0 Å². The van der Waals surface area contributed by atoms with Crippen LogP contribution in [-0.2, 0) is 15.1 Å². The molecule has 112 valence electrons.